The van der Waals surface area contributed by atoms with Crippen molar-refractivity contribution in [2.24, 2.45) is 16.7 Å². The van der Waals surface area contributed by atoms with Crippen molar-refractivity contribution in [2.75, 3.05) is 0 Å². The lowest BCUT2D eigenvalue weighted by atomic mass is 9.62. The highest BCUT2D eigenvalue weighted by molar-refractivity contribution is 5.77. The molecule has 0 fully saturated rings. The average molecular weight is 320 g/mol. The Hall–Kier alpha value is -1.35. The standard InChI is InChI=1S/C20H32O3/c1-8-17(21)16-11-9-15(10-12-16)13-23-18(22)20(7,14(2)3)19(4,5)6/h9-12,14,17,21H,8,13H2,1-7H3. The molecule has 2 atom stereocenters. The van der Waals surface area contributed by atoms with E-state index >= 15 is 0 Å². The summed E-state index contributed by atoms with van der Waals surface area (Å²) in [6.45, 7) is 14.6. The summed E-state index contributed by atoms with van der Waals surface area (Å²) in [6, 6.07) is 7.60. The SMILES string of the molecule is CCC(O)c1ccc(COC(=O)C(C)(C(C)C)C(C)(C)C)cc1. The zero-order valence-corrected chi connectivity index (χ0v) is 15.6. The van der Waals surface area contributed by atoms with Crippen LogP contribution in [0.5, 0.6) is 0 Å². The van der Waals surface area contributed by atoms with Crippen LogP contribution >= 0.6 is 0 Å². The maximum Gasteiger partial charge on any atom is 0.312 e. The van der Waals surface area contributed by atoms with Gasteiger partial charge in [-0.3, -0.25) is 4.79 Å². The van der Waals surface area contributed by atoms with Crippen LogP contribution in [0.25, 0.3) is 0 Å². The fourth-order valence-corrected chi connectivity index (χ4v) is 2.78. The van der Waals surface area contributed by atoms with Crippen LogP contribution in [0.15, 0.2) is 24.3 Å². The van der Waals surface area contributed by atoms with Crippen LogP contribution in [0, 0.1) is 16.7 Å². The molecule has 0 saturated carbocycles. The Kier molecular flexibility index (Phi) is 6.41. The van der Waals surface area contributed by atoms with Gasteiger partial charge >= 0.3 is 5.97 Å². The van der Waals surface area contributed by atoms with Crippen LogP contribution in [0.4, 0.5) is 0 Å². The molecule has 0 aliphatic rings. The van der Waals surface area contributed by atoms with Crippen molar-refractivity contribution >= 4 is 5.97 Å². The summed E-state index contributed by atoms with van der Waals surface area (Å²) in [6.07, 6.45) is 0.254. The molecule has 1 rings (SSSR count). The van der Waals surface area contributed by atoms with E-state index in [0.29, 0.717) is 6.42 Å². The predicted molar refractivity (Wildman–Crippen MR) is 93.9 cm³/mol. The fraction of sp³-hybridized carbons (Fsp3) is 0.650. The maximum absolute atomic E-state index is 12.7. The van der Waals surface area contributed by atoms with E-state index in [1.54, 1.807) is 0 Å². The van der Waals surface area contributed by atoms with E-state index in [1.807, 2.05) is 38.1 Å². The number of benzene rings is 1. The summed E-state index contributed by atoms with van der Waals surface area (Å²) in [7, 11) is 0. The van der Waals surface area contributed by atoms with Gasteiger partial charge in [-0.1, -0.05) is 65.8 Å². The number of esters is 1. The van der Waals surface area contributed by atoms with E-state index in [2.05, 4.69) is 34.6 Å². The van der Waals surface area contributed by atoms with Gasteiger partial charge in [0.05, 0.1) is 11.5 Å². The topological polar surface area (TPSA) is 46.5 Å². The molecule has 0 bridgehead atoms. The number of rotatable bonds is 6. The van der Waals surface area contributed by atoms with Crippen molar-refractivity contribution in [2.45, 2.75) is 67.6 Å². The van der Waals surface area contributed by atoms with Crippen molar-refractivity contribution in [3.05, 3.63) is 35.4 Å². The number of aliphatic hydroxyl groups excluding tert-OH is 1. The molecule has 1 N–H and O–H groups in total. The smallest absolute Gasteiger partial charge is 0.312 e. The molecule has 0 saturated heterocycles. The third-order valence-corrected chi connectivity index (χ3v) is 5.26. The second-order valence-electron chi connectivity index (χ2n) is 7.85. The highest BCUT2D eigenvalue weighted by Gasteiger charge is 2.47. The van der Waals surface area contributed by atoms with Gasteiger partial charge in [-0.25, -0.2) is 0 Å². The van der Waals surface area contributed by atoms with Crippen LogP contribution in [0.2, 0.25) is 0 Å². The normalized spacial score (nSPS) is 16.0. The lowest BCUT2D eigenvalue weighted by Crippen LogP contribution is -2.45. The Morgan fingerprint density at radius 1 is 1.13 bits per heavy atom. The van der Waals surface area contributed by atoms with Crippen LogP contribution in [-0.2, 0) is 16.1 Å². The van der Waals surface area contributed by atoms with Gasteiger partial charge in [0.25, 0.3) is 0 Å². The molecule has 0 radical (unpaired) electrons. The zero-order chi connectivity index (χ0) is 17.8. The molecular weight excluding hydrogens is 288 g/mol. The highest BCUT2D eigenvalue weighted by atomic mass is 16.5. The molecule has 1 aromatic carbocycles. The molecule has 23 heavy (non-hydrogen) atoms. The first kappa shape index (κ1) is 19.7. The Morgan fingerprint density at radius 2 is 1.65 bits per heavy atom. The van der Waals surface area contributed by atoms with E-state index in [0.717, 1.165) is 11.1 Å². The molecule has 0 amide bonds. The van der Waals surface area contributed by atoms with E-state index < -0.39 is 11.5 Å². The number of hydrogen-bond acceptors (Lipinski definition) is 3. The first-order valence-corrected chi connectivity index (χ1v) is 8.48. The number of ether oxygens (including phenoxy) is 1. The Morgan fingerprint density at radius 3 is 2.04 bits per heavy atom. The van der Waals surface area contributed by atoms with Crippen molar-refractivity contribution < 1.29 is 14.6 Å². The van der Waals surface area contributed by atoms with Gasteiger partial charge in [0.2, 0.25) is 0 Å². The van der Waals surface area contributed by atoms with E-state index in [-0.39, 0.29) is 23.9 Å². The summed E-state index contributed by atoms with van der Waals surface area (Å²) in [5, 5.41) is 9.81. The third kappa shape index (κ3) is 4.35. The van der Waals surface area contributed by atoms with Gasteiger partial charge in [0.15, 0.2) is 0 Å². The van der Waals surface area contributed by atoms with Gasteiger partial charge in [0.1, 0.15) is 6.61 Å². The molecule has 0 heterocycles. The van der Waals surface area contributed by atoms with Gasteiger partial charge < -0.3 is 9.84 Å². The first-order valence-electron chi connectivity index (χ1n) is 8.48. The first-order chi connectivity index (χ1) is 10.5. The minimum atomic E-state index is -0.536. The Bertz CT molecular complexity index is 511. The van der Waals surface area contributed by atoms with Crippen LogP contribution in [0.3, 0.4) is 0 Å². The van der Waals surface area contributed by atoms with Crippen LogP contribution in [-0.4, -0.2) is 11.1 Å². The van der Waals surface area contributed by atoms with E-state index in [9.17, 15) is 9.90 Å². The molecule has 3 nitrogen and oxygen atoms in total. The number of carbonyl (C=O) groups excluding carboxylic acids is 1. The summed E-state index contributed by atoms with van der Waals surface area (Å²) in [4.78, 5) is 12.7. The van der Waals surface area contributed by atoms with Crippen molar-refractivity contribution in [1.82, 2.24) is 0 Å². The summed E-state index contributed by atoms with van der Waals surface area (Å²) in [5.41, 5.74) is 1.12. The van der Waals surface area contributed by atoms with Crippen LogP contribution in [0.1, 0.15) is 72.1 Å². The van der Waals surface area contributed by atoms with Gasteiger partial charge in [-0.05, 0) is 35.8 Å². The monoisotopic (exact) mass is 320 g/mol. The molecule has 1 aromatic rings. The number of aliphatic hydroxyl groups is 1. The minimum Gasteiger partial charge on any atom is -0.460 e. The summed E-state index contributed by atoms with van der Waals surface area (Å²) < 4.78 is 5.61. The van der Waals surface area contributed by atoms with Gasteiger partial charge in [0, 0.05) is 0 Å². The summed E-state index contributed by atoms with van der Waals surface area (Å²) in [5.74, 6) is 0.0368. The fourth-order valence-electron chi connectivity index (χ4n) is 2.78. The predicted octanol–water partition coefficient (Wildman–Crippen LogP) is 4.88. The van der Waals surface area contributed by atoms with Crippen molar-refractivity contribution in [3.8, 4) is 0 Å². The Balaban J connectivity index is 2.79. The lowest BCUT2D eigenvalue weighted by Gasteiger charge is -2.42. The molecule has 0 aliphatic heterocycles. The van der Waals surface area contributed by atoms with Gasteiger partial charge in [-0.2, -0.15) is 0 Å². The maximum atomic E-state index is 12.7. The highest BCUT2D eigenvalue weighted by Crippen LogP contribution is 2.45. The molecule has 0 aromatic heterocycles. The Labute approximate surface area is 141 Å². The number of hydrogen-bond donors (Lipinski definition) is 1. The molecule has 2 unspecified atom stereocenters. The third-order valence-electron chi connectivity index (χ3n) is 5.26. The second-order valence-corrected chi connectivity index (χ2v) is 7.85. The van der Waals surface area contributed by atoms with Crippen molar-refractivity contribution in [3.63, 3.8) is 0 Å². The van der Waals surface area contributed by atoms with Crippen LogP contribution < -0.4 is 0 Å². The zero-order valence-electron chi connectivity index (χ0n) is 15.6. The second kappa shape index (κ2) is 7.48. The van der Waals surface area contributed by atoms with E-state index in [4.69, 9.17) is 4.74 Å². The minimum absolute atomic E-state index is 0.155. The molecule has 0 spiro atoms. The largest absolute Gasteiger partial charge is 0.460 e. The van der Waals surface area contributed by atoms with Gasteiger partial charge in [-0.15, -0.1) is 0 Å². The molecule has 3 heteroatoms. The molecule has 0 aliphatic carbocycles. The van der Waals surface area contributed by atoms with Crippen molar-refractivity contribution in [1.29, 1.82) is 0 Å². The molecule has 130 valence electrons. The average Bonchev–Trinajstić information content (AvgIpc) is 2.50. The lowest BCUT2D eigenvalue weighted by molar-refractivity contribution is -0.167. The quantitative estimate of drug-likeness (QED) is 0.760. The number of carbonyl (C=O) groups is 1. The summed E-state index contributed by atoms with van der Waals surface area (Å²) >= 11 is 0. The van der Waals surface area contributed by atoms with E-state index in [1.165, 1.54) is 0 Å². The molecular formula is C20H32O3.